The molecule has 0 spiro atoms. The molecule has 2 aliphatic rings. The first-order valence-electron chi connectivity index (χ1n) is 13.1. The van der Waals surface area contributed by atoms with Crippen molar-refractivity contribution in [1.82, 2.24) is 9.80 Å². The molecule has 0 aromatic heterocycles. The van der Waals surface area contributed by atoms with Gasteiger partial charge >= 0.3 is 6.18 Å². The number of anilines is 1. The van der Waals surface area contributed by atoms with E-state index in [1.165, 1.54) is 55.2 Å². The van der Waals surface area contributed by atoms with E-state index in [-0.39, 0.29) is 41.6 Å². The number of fused-ring (bicyclic) bond motifs is 1. The number of methoxy groups -OCH3 is 1. The number of hydrogen-bond donors (Lipinski definition) is 1. The van der Waals surface area contributed by atoms with Gasteiger partial charge in [-0.1, -0.05) is 26.2 Å². The quantitative estimate of drug-likeness (QED) is 0.553. The average Bonchev–Trinajstić information content (AvgIpc) is 2.83. The zero-order valence-corrected chi connectivity index (χ0v) is 23.4. The summed E-state index contributed by atoms with van der Waals surface area (Å²) in [4.78, 5) is 17.3. The highest BCUT2D eigenvalue weighted by Gasteiger charge is 2.35. The van der Waals surface area contributed by atoms with Crippen molar-refractivity contribution in [1.29, 1.82) is 0 Å². The van der Waals surface area contributed by atoms with Gasteiger partial charge in [-0.25, -0.2) is 8.42 Å². The second-order valence-corrected chi connectivity index (χ2v) is 12.5. The van der Waals surface area contributed by atoms with Crippen molar-refractivity contribution in [3.8, 4) is 5.75 Å². The SMILES string of the molecule is CO[C@H]1CN(C)C(=O)c2cc(NS(=O)(=O)CC(F)(F)F)ccc2OC[C@@H](C)N(CC2CCCCC2)C[C@@H]1C. The van der Waals surface area contributed by atoms with Gasteiger partial charge in [0.15, 0.2) is 5.75 Å². The summed E-state index contributed by atoms with van der Waals surface area (Å²) in [7, 11) is -1.48. The van der Waals surface area contributed by atoms with E-state index in [0.29, 0.717) is 12.5 Å². The number of carbonyl (C=O) groups excluding carboxylic acids is 1. The molecule has 216 valence electrons. The number of sulfonamides is 1. The molecule has 1 saturated carbocycles. The Morgan fingerprint density at radius 1 is 1.13 bits per heavy atom. The number of carbonyl (C=O) groups is 1. The van der Waals surface area contributed by atoms with E-state index in [2.05, 4.69) is 18.7 Å². The second-order valence-electron chi connectivity index (χ2n) is 10.7. The number of ether oxygens (including phenoxy) is 2. The number of nitrogens with one attached hydrogen (secondary N) is 1. The lowest BCUT2D eigenvalue weighted by atomic mass is 9.88. The van der Waals surface area contributed by atoms with Crippen LogP contribution in [0.4, 0.5) is 18.9 Å². The van der Waals surface area contributed by atoms with Gasteiger partial charge in [-0.2, -0.15) is 13.2 Å². The first-order chi connectivity index (χ1) is 17.8. The maximum Gasteiger partial charge on any atom is 0.404 e. The van der Waals surface area contributed by atoms with Crippen LogP contribution >= 0.6 is 0 Å². The first kappa shape index (κ1) is 30.5. The van der Waals surface area contributed by atoms with Crippen LogP contribution in [0.5, 0.6) is 5.75 Å². The lowest BCUT2D eigenvalue weighted by Gasteiger charge is -2.38. The number of likely N-dealkylation sites (N-methyl/N-ethyl adjacent to an activating group) is 1. The molecular weight excluding hydrogens is 523 g/mol. The van der Waals surface area contributed by atoms with Crippen molar-refractivity contribution in [3.63, 3.8) is 0 Å². The summed E-state index contributed by atoms with van der Waals surface area (Å²) in [6, 6.07) is 3.98. The van der Waals surface area contributed by atoms with E-state index >= 15 is 0 Å². The van der Waals surface area contributed by atoms with Crippen molar-refractivity contribution in [3.05, 3.63) is 23.8 Å². The molecular formula is C26H40F3N3O5S. The first-order valence-corrected chi connectivity index (χ1v) is 14.8. The fourth-order valence-corrected chi connectivity index (χ4v) is 6.29. The minimum atomic E-state index is -4.90. The fraction of sp³-hybridized carbons (Fsp3) is 0.731. The van der Waals surface area contributed by atoms with Gasteiger partial charge in [-0.3, -0.25) is 14.4 Å². The standard InChI is InChI=1S/C26H40F3N3O5S/c1-18-13-32(14-20-8-6-5-7-9-20)19(2)16-37-23-11-10-21(30-38(34,35)17-26(27,28)29)12-22(23)25(33)31(3)15-24(18)36-4/h10-12,18-20,24,30H,5-9,13-17H2,1-4H3/t18-,19+,24-/m0/s1. The Bertz CT molecular complexity index is 1050. The third-order valence-corrected chi connectivity index (χ3v) is 8.67. The van der Waals surface area contributed by atoms with Crippen molar-refractivity contribution in [2.45, 2.75) is 64.3 Å². The van der Waals surface area contributed by atoms with Crippen LogP contribution in [0, 0.1) is 11.8 Å². The summed E-state index contributed by atoms with van der Waals surface area (Å²) in [5.74, 6) is -1.49. The molecule has 8 nitrogen and oxygen atoms in total. The van der Waals surface area contributed by atoms with Gasteiger partial charge in [0.25, 0.3) is 5.91 Å². The van der Waals surface area contributed by atoms with Gasteiger partial charge < -0.3 is 14.4 Å². The molecule has 3 rings (SSSR count). The van der Waals surface area contributed by atoms with E-state index in [4.69, 9.17) is 9.47 Å². The monoisotopic (exact) mass is 563 g/mol. The third-order valence-electron chi connectivity index (χ3n) is 7.42. The summed E-state index contributed by atoms with van der Waals surface area (Å²) in [5, 5.41) is 0. The molecule has 12 heteroatoms. The number of amides is 1. The number of benzene rings is 1. The summed E-state index contributed by atoms with van der Waals surface area (Å²) >= 11 is 0. The molecule has 1 N–H and O–H groups in total. The molecule has 38 heavy (non-hydrogen) atoms. The molecule has 1 fully saturated rings. The second kappa shape index (κ2) is 12.9. The highest BCUT2D eigenvalue weighted by molar-refractivity contribution is 7.92. The van der Waals surface area contributed by atoms with Gasteiger partial charge in [0.2, 0.25) is 10.0 Å². The topological polar surface area (TPSA) is 88.2 Å². The Morgan fingerprint density at radius 2 is 1.82 bits per heavy atom. The van der Waals surface area contributed by atoms with Crippen LogP contribution in [-0.4, -0.2) is 88.6 Å². The van der Waals surface area contributed by atoms with Crippen LogP contribution in [-0.2, 0) is 14.8 Å². The Labute approximate surface area is 223 Å². The van der Waals surface area contributed by atoms with Crippen molar-refractivity contribution in [2.75, 3.05) is 50.9 Å². The Balaban J connectivity index is 1.90. The van der Waals surface area contributed by atoms with Crippen LogP contribution in [0.1, 0.15) is 56.3 Å². The third kappa shape index (κ3) is 8.74. The zero-order valence-electron chi connectivity index (χ0n) is 22.6. The van der Waals surface area contributed by atoms with Crippen molar-refractivity contribution < 1.29 is 35.9 Å². The van der Waals surface area contributed by atoms with E-state index < -0.39 is 27.9 Å². The van der Waals surface area contributed by atoms with Gasteiger partial charge in [-0.15, -0.1) is 0 Å². The molecule has 0 bridgehead atoms. The molecule has 0 saturated heterocycles. The molecule has 0 unspecified atom stereocenters. The highest BCUT2D eigenvalue weighted by atomic mass is 32.2. The number of hydrogen-bond acceptors (Lipinski definition) is 6. The highest BCUT2D eigenvalue weighted by Crippen LogP contribution is 2.29. The summed E-state index contributed by atoms with van der Waals surface area (Å²) in [6.45, 7) is 6.49. The molecule has 3 atom stereocenters. The normalized spacial score (nSPS) is 25.2. The molecule has 1 aromatic carbocycles. The summed E-state index contributed by atoms with van der Waals surface area (Å²) < 4.78 is 75.9. The van der Waals surface area contributed by atoms with Gasteiger partial charge in [0, 0.05) is 45.5 Å². The predicted octanol–water partition coefficient (Wildman–Crippen LogP) is 4.38. The number of rotatable bonds is 6. The maximum atomic E-state index is 13.4. The van der Waals surface area contributed by atoms with E-state index in [1.54, 1.807) is 14.2 Å². The van der Waals surface area contributed by atoms with E-state index in [1.807, 2.05) is 4.72 Å². The molecule has 1 amide bonds. The van der Waals surface area contributed by atoms with E-state index in [9.17, 15) is 26.4 Å². The fourth-order valence-electron chi connectivity index (χ4n) is 5.30. The molecule has 0 radical (unpaired) electrons. The van der Waals surface area contributed by atoms with Crippen molar-refractivity contribution >= 4 is 21.6 Å². The van der Waals surface area contributed by atoms with E-state index in [0.717, 1.165) is 13.1 Å². The van der Waals surface area contributed by atoms with Crippen molar-refractivity contribution in [2.24, 2.45) is 11.8 Å². The van der Waals surface area contributed by atoms with Crippen LogP contribution in [0.2, 0.25) is 0 Å². The molecule has 1 heterocycles. The Kier molecular flexibility index (Phi) is 10.3. The average molecular weight is 564 g/mol. The summed E-state index contributed by atoms with van der Waals surface area (Å²) in [5.41, 5.74) is -0.0807. The molecule has 1 aliphatic heterocycles. The smallest absolute Gasteiger partial charge is 0.404 e. The van der Waals surface area contributed by atoms with Crippen LogP contribution in [0.25, 0.3) is 0 Å². The van der Waals surface area contributed by atoms with Crippen LogP contribution in [0.3, 0.4) is 0 Å². The zero-order chi connectivity index (χ0) is 28.1. The summed E-state index contributed by atoms with van der Waals surface area (Å²) in [6.07, 6.45) is 1.04. The molecule has 1 aliphatic carbocycles. The minimum absolute atomic E-state index is 0.0296. The van der Waals surface area contributed by atoms with Crippen LogP contribution < -0.4 is 9.46 Å². The Morgan fingerprint density at radius 3 is 2.45 bits per heavy atom. The molecule has 1 aromatic rings. The van der Waals surface area contributed by atoms with Gasteiger partial charge in [0.05, 0.1) is 11.7 Å². The van der Waals surface area contributed by atoms with Gasteiger partial charge in [0.1, 0.15) is 12.4 Å². The predicted molar refractivity (Wildman–Crippen MR) is 140 cm³/mol. The minimum Gasteiger partial charge on any atom is -0.491 e. The number of alkyl halides is 3. The largest absolute Gasteiger partial charge is 0.491 e. The maximum absolute atomic E-state index is 13.4. The van der Waals surface area contributed by atoms with Crippen LogP contribution in [0.15, 0.2) is 18.2 Å². The number of halogens is 3. The lowest BCUT2D eigenvalue weighted by molar-refractivity contribution is -0.106. The Hall–Kier alpha value is -2.05. The van der Waals surface area contributed by atoms with Gasteiger partial charge in [-0.05, 0) is 49.8 Å². The number of nitrogens with zero attached hydrogens (tertiary/aromatic N) is 2. The lowest BCUT2D eigenvalue weighted by Crippen LogP contribution is -2.48.